The van der Waals surface area contributed by atoms with Crippen molar-refractivity contribution in [1.29, 1.82) is 0 Å². The average Bonchev–Trinajstić information content (AvgIpc) is 2.86. The minimum Gasteiger partial charge on any atom is -0.379 e. The summed E-state index contributed by atoms with van der Waals surface area (Å²) in [6.07, 6.45) is 6.70. The average molecular weight is 364 g/mol. The number of hydrogen-bond acceptors (Lipinski definition) is 6. The Kier molecular flexibility index (Phi) is 4.78. The van der Waals surface area contributed by atoms with Gasteiger partial charge in [0.15, 0.2) is 11.6 Å². The van der Waals surface area contributed by atoms with Gasteiger partial charge in [-0.2, -0.15) is 0 Å². The van der Waals surface area contributed by atoms with E-state index in [4.69, 9.17) is 16.3 Å². The first-order valence-corrected chi connectivity index (χ1v) is 8.68. The van der Waals surface area contributed by atoms with Crippen LogP contribution in [0.25, 0.3) is 0 Å². The van der Waals surface area contributed by atoms with Crippen LogP contribution in [0, 0.1) is 11.7 Å². The van der Waals surface area contributed by atoms with Gasteiger partial charge in [-0.15, -0.1) is 0 Å². The van der Waals surface area contributed by atoms with Crippen LogP contribution < -0.4 is 4.90 Å². The van der Waals surface area contributed by atoms with Gasteiger partial charge in [0, 0.05) is 56.3 Å². The van der Waals surface area contributed by atoms with Crippen molar-refractivity contribution in [3.8, 4) is 0 Å². The first kappa shape index (κ1) is 16.6. The lowest BCUT2D eigenvalue weighted by molar-refractivity contribution is 0.0626. The molecular weight excluding hydrogens is 345 g/mol. The van der Waals surface area contributed by atoms with Crippen LogP contribution in [-0.2, 0) is 11.3 Å². The zero-order chi connectivity index (χ0) is 17.2. The molecule has 2 aromatic rings. The van der Waals surface area contributed by atoms with Crippen LogP contribution in [0.1, 0.15) is 5.56 Å². The van der Waals surface area contributed by atoms with Gasteiger partial charge in [0.25, 0.3) is 0 Å². The molecule has 2 aromatic heterocycles. The molecule has 0 spiro atoms. The number of nitrogens with zero attached hydrogens (tertiary/aromatic N) is 5. The first-order valence-electron chi connectivity index (χ1n) is 8.30. The van der Waals surface area contributed by atoms with Crippen LogP contribution in [-0.4, -0.2) is 58.7 Å². The van der Waals surface area contributed by atoms with Gasteiger partial charge in [-0.1, -0.05) is 11.6 Å². The van der Waals surface area contributed by atoms with Gasteiger partial charge >= 0.3 is 0 Å². The Bertz CT molecular complexity index is 734. The summed E-state index contributed by atoms with van der Waals surface area (Å²) in [7, 11) is 0. The predicted molar refractivity (Wildman–Crippen MR) is 92.0 cm³/mol. The Balaban J connectivity index is 1.58. The van der Waals surface area contributed by atoms with Crippen molar-refractivity contribution in [2.75, 3.05) is 37.7 Å². The van der Waals surface area contributed by atoms with E-state index < -0.39 is 0 Å². The Morgan fingerprint density at radius 3 is 2.80 bits per heavy atom. The summed E-state index contributed by atoms with van der Waals surface area (Å²) in [5.74, 6) is 0.256. The molecule has 0 aliphatic carbocycles. The van der Waals surface area contributed by atoms with Crippen LogP contribution in [0.3, 0.4) is 0 Å². The molecule has 4 rings (SSSR count). The number of aromatic nitrogens is 3. The van der Waals surface area contributed by atoms with E-state index in [1.54, 1.807) is 0 Å². The fraction of sp³-hybridized carbons (Fsp3) is 0.471. The van der Waals surface area contributed by atoms with Gasteiger partial charge in [-0.25, -0.2) is 19.3 Å². The smallest absolute Gasteiger partial charge is 0.167 e. The van der Waals surface area contributed by atoms with Gasteiger partial charge < -0.3 is 9.64 Å². The van der Waals surface area contributed by atoms with E-state index in [2.05, 4.69) is 19.9 Å². The topological polar surface area (TPSA) is 54.4 Å². The third kappa shape index (κ3) is 3.73. The van der Waals surface area contributed by atoms with Crippen molar-refractivity contribution >= 4 is 17.4 Å². The quantitative estimate of drug-likeness (QED) is 0.831. The Labute approximate surface area is 150 Å². The Hall–Kier alpha value is -1.83. The zero-order valence-corrected chi connectivity index (χ0v) is 14.4. The molecule has 0 amide bonds. The summed E-state index contributed by atoms with van der Waals surface area (Å²) < 4.78 is 20.2. The highest BCUT2D eigenvalue weighted by Gasteiger charge is 2.35. The first-order chi connectivity index (χ1) is 12.2. The lowest BCUT2D eigenvalue weighted by Crippen LogP contribution is -2.44. The monoisotopic (exact) mass is 363 g/mol. The normalized spacial score (nSPS) is 24.2. The second kappa shape index (κ2) is 7.19. The summed E-state index contributed by atoms with van der Waals surface area (Å²) >= 11 is 5.85. The van der Waals surface area contributed by atoms with E-state index in [1.807, 2.05) is 17.3 Å². The lowest BCUT2D eigenvalue weighted by atomic mass is 10.1. The van der Waals surface area contributed by atoms with Gasteiger partial charge in [0.1, 0.15) is 6.33 Å². The number of anilines is 1. The van der Waals surface area contributed by atoms with E-state index in [-0.39, 0.29) is 17.8 Å². The summed E-state index contributed by atoms with van der Waals surface area (Å²) in [6, 6.07) is 1.36. The van der Waals surface area contributed by atoms with Crippen LogP contribution >= 0.6 is 11.6 Å². The van der Waals surface area contributed by atoms with Gasteiger partial charge in [0.05, 0.1) is 24.3 Å². The second-order valence-corrected chi connectivity index (χ2v) is 7.05. The molecule has 0 N–H and O–H groups in total. The maximum atomic E-state index is 14.4. The van der Waals surface area contributed by atoms with Crippen LogP contribution in [0.15, 0.2) is 31.0 Å². The van der Waals surface area contributed by atoms with Crippen molar-refractivity contribution in [2.45, 2.75) is 12.6 Å². The molecule has 2 atom stereocenters. The molecule has 8 heteroatoms. The number of fused-ring (bicyclic) bond motifs is 3. The van der Waals surface area contributed by atoms with Crippen molar-refractivity contribution in [2.24, 2.45) is 5.92 Å². The van der Waals surface area contributed by atoms with Crippen molar-refractivity contribution < 1.29 is 9.13 Å². The molecular formula is C17H19ClFN5O. The molecule has 132 valence electrons. The molecule has 4 heterocycles. The zero-order valence-electron chi connectivity index (χ0n) is 13.7. The van der Waals surface area contributed by atoms with E-state index in [0.717, 1.165) is 31.7 Å². The van der Waals surface area contributed by atoms with Crippen LogP contribution in [0.5, 0.6) is 0 Å². The summed E-state index contributed by atoms with van der Waals surface area (Å²) in [6.45, 7) is 4.38. The minimum atomic E-state index is -0.386. The molecule has 0 unspecified atom stereocenters. The third-order valence-corrected chi connectivity index (χ3v) is 4.83. The van der Waals surface area contributed by atoms with Gasteiger partial charge in [-0.3, -0.25) is 4.90 Å². The standard InChI is InChI=1S/C17H19ClFN5O/c18-14-1-16(19)17(22-4-14)24-7-13-6-23(8-15(24)10-25-9-13)5-12-2-20-11-21-3-12/h1-4,11,13,15H,5-10H2/t13-,15-/m0/s1. The lowest BCUT2D eigenvalue weighted by Gasteiger charge is -2.32. The number of hydrogen-bond donors (Lipinski definition) is 0. The molecule has 2 aliphatic rings. The van der Waals surface area contributed by atoms with Crippen molar-refractivity contribution in [3.63, 3.8) is 0 Å². The number of pyridine rings is 1. The SMILES string of the molecule is Fc1cc(Cl)cnc1N1C[C@H]2COC[C@@H]1CN(Cc1cncnc1)C2. The number of ether oxygens (including phenoxy) is 1. The maximum absolute atomic E-state index is 14.4. The molecule has 25 heavy (non-hydrogen) atoms. The molecule has 2 saturated heterocycles. The molecule has 0 radical (unpaired) electrons. The Morgan fingerprint density at radius 2 is 2.00 bits per heavy atom. The largest absolute Gasteiger partial charge is 0.379 e. The fourth-order valence-corrected chi connectivity index (χ4v) is 3.76. The second-order valence-electron chi connectivity index (χ2n) is 6.61. The molecule has 2 fully saturated rings. The summed E-state index contributed by atoms with van der Waals surface area (Å²) in [4.78, 5) is 16.8. The van der Waals surface area contributed by atoms with E-state index in [1.165, 1.54) is 18.6 Å². The molecule has 0 saturated carbocycles. The highest BCUT2D eigenvalue weighted by Crippen LogP contribution is 2.28. The highest BCUT2D eigenvalue weighted by atomic mass is 35.5. The number of rotatable bonds is 3. The van der Waals surface area contributed by atoms with E-state index in [0.29, 0.717) is 24.1 Å². The predicted octanol–water partition coefficient (Wildman–Crippen LogP) is 2.00. The van der Waals surface area contributed by atoms with Gasteiger partial charge in [0.2, 0.25) is 0 Å². The summed E-state index contributed by atoms with van der Waals surface area (Å²) in [5.41, 5.74) is 1.07. The van der Waals surface area contributed by atoms with E-state index in [9.17, 15) is 4.39 Å². The van der Waals surface area contributed by atoms with Gasteiger partial charge in [-0.05, 0) is 6.07 Å². The number of halogens is 2. The third-order valence-electron chi connectivity index (χ3n) is 4.63. The molecule has 2 bridgehead atoms. The Morgan fingerprint density at radius 1 is 1.16 bits per heavy atom. The minimum absolute atomic E-state index is 0.0420. The highest BCUT2D eigenvalue weighted by molar-refractivity contribution is 6.30. The maximum Gasteiger partial charge on any atom is 0.167 e. The van der Waals surface area contributed by atoms with Crippen LogP contribution in [0.4, 0.5) is 10.2 Å². The van der Waals surface area contributed by atoms with E-state index >= 15 is 0 Å². The molecule has 6 nitrogen and oxygen atoms in total. The molecule has 2 aliphatic heterocycles. The van der Waals surface area contributed by atoms with Crippen LogP contribution in [0.2, 0.25) is 5.02 Å². The van der Waals surface area contributed by atoms with Crippen molar-refractivity contribution in [3.05, 3.63) is 47.4 Å². The summed E-state index contributed by atoms with van der Waals surface area (Å²) in [5, 5.41) is 0.306. The fourth-order valence-electron chi connectivity index (χ4n) is 3.62. The van der Waals surface area contributed by atoms with Crippen molar-refractivity contribution in [1.82, 2.24) is 19.9 Å². The molecule has 0 aromatic carbocycles.